The van der Waals surface area contributed by atoms with Crippen LogP contribution in [0.5, 0.6) is 5.88 Å². The summed E-state index contributed by atoms with van der Waals surface area (Å²) in [5, 5.41) is 2.96. The molecule has 0 fully saturated rings. The van der Waals surface area contributed by atoms with Crippen LogP contribution < -0.4 is 10.1 Å². The van der Waals surface area contributed by atoms with Crippen molar-refractivity contribution < 1.29 is 4.74 Å². The van der Waals surface area contributed by atoms with Crippen LogP contribution in [0.2, 0.25) is 0 Å². The van der Waals surface area contributed by atoms with Crippen molar-refractivity contribution in [3.63, 3.8) is 0 Å². The van der Waals surface area contributed by atoms with E-state index in [4.69, 9.17) is 16.3 Å². The Labute approximate surface area is 111 Å². The number of halogens is 1. The average molecular weight is 264 g/mol. The van der Waals surface area contributed by atoms with Crippen molar-refractivity contribution in [1.82, 2.24) is 9.97 Å². The van der Waals surface area contributed by atoms with Gasteiger partial charge in [-0.3, -0.25) is 0 Å². The molecule has 4 nitrogen and oxygen atoms in total. The van der Waals surface area contributed by atoms with Gasteiger partial charge in [0, 0.05) is 18.8 Å². The summed E-state index contributed by atoms with van der Waals surface area (Å²) in [4.78, 5) is 8.25. The fraction of sp³-hybridized carbons (Fsp3) is 0.231. The molecule has 1 unspecified atom stereocenters. The highest BCUT2D eigenvalue weighted by molar-refractivity contribution is 6.21. The Morgan fingerprint density at radius 2 is 2.06 bits per heavy atom. The Morgan fingerprint density at radius 1 is 1.28 bits per heavy atom. The number of rotatable bonds is 5. The normalized spacial score (nSPS) is 11.9. The fourth-order valence-corrected chi connectivity index (χ4v) is 1.72. The zero-order valence-electron chi connectivity index (χ0n) is 10.0. The molecule has 5 heteroatoms. The van der Waals surface area contributed by atoms with Crippen LogP contribution in [0.1, 0.15) is 10.9 Å². The second kappa shape index (κ2) is 6.21. The van der Waals surface area contributed by atoms with Gasteiger partial charge in [-0.15, -0.1) is 11.6 Å². The molecule has 1 N–H and O–H groups in total. The van der Waals surface area contributed by atoms with Crippen molar-refractivity contribution in [2.45, 2.75) is 5.38 Å². The third-order valence-electron chi connectivity index (χ3n) is 2.44. The fourth-order valence-electron chi connectivity index (χ4n) is 1.50. The van der Waals surface area contributed by atoms with E-state index in [1.165, 1.54) is 0 Å². The SMILES string of the molecule is COc1ccnc(NCC(Cl)c2ccccc2)n1. The molecule has 1 aromatic heterocycles. The molecule has 0 aliphatic heterocycles. The standard InChI is InChI=1S/C13H14ClN3O/c1-18-12-7-8-15-13(17-12)16-9-11(14)10-5-3-2-4-6-10/h2-8,11H,9H2,1H3,(H,15,16,17). The maximum absolute atomic E-state index is 6.28. The van der Waals surface area contributed by atoms with Crippen LogP contribution in [0, 0.1) is 0 Å². The summed E-state index contributed by atoms with van der Waals surface area (Å²) in [7, 11) is 1.57. The van der Waals surface area contributed by atoms with E-state index >= 15 is 0 Å². The first-order chi connectivity index (χ1) is 8.79. The van der Waals surface area contributed by atoms with E-state index in [1.54, 1.807) is 19.4 Å². The summed E-state index contributed by atoms with van der Waals surface area (Å²) < 4.78 is 5.02. The van der Waals surface area contributed by atoms with Gasteiger partial charge in [-0.25, -0.2) is 4.98 Å². The molecule has 0 amide bonds. The Balaban J connectivity index is 1.95. The summed E-state index contributed by atoms with van der Waals surface area (Å²) in [5.74, 6) is 1.04. The number of benzene rings is 1. The minimum Gasteiger partial charge on any atom is -0.481 e. The van der Waals surface area contributed by atoms with Crippen LogP contribution in [0.4, 0.5) is 5.95 Å². The number of nitrogens with zero attached hydrogens (tertiary/aromatic N) is 2. The third kappa shape index (κ3) is 3.34. The van der Waals surface area contributed by atoms with Crippen LogP contribution in [-0.4, -0.2) is 23.6 Å². The monoisotopic (exact) mass is 263 g/mol. The molecule has 94 valence electrons. The summed E-state index contributed by atoms with van der Waals surface area (Å²) in [6.07, 6.45) is 1.64. The molecular weight excluding hydrogens is 250 g/mol. The second-order valence-electron chi connectivity index (χ2n) is 3.68. The zero-order valence-corrected chi connectivity index (χ0v) is 10.8. The number of alkyl halides is 1. The summed E-state index contributed by atoms with van der Waals surface area (Å²) in [6, 6.07) is 11.6. The number of aromatic nitrogens is 2. The van der Waals surface area contributed by atoms with Crippen molar-refractivity contribution in [3.8, 4) is 5.88 Å². The topological polar surface area (TPSA) is 47.0 Å². The predicted molar refractivity (Wildman–Crippen MR) is 72.1 cm³/mol. The highest BCUT2D eigenvalue weighted by atomic mass is 35.5. The highest BCUT2D eigenvalue weighted by Crippen LogP contribution is 2.20. The summed E-state index contributed by atoms with van der Waals surface area (Å²) >= 11 is 6.28. The van der Waals surface area contributed by atoms with Gasteiger partial charge in [-0.1, -0.05) is 30.3 Å². The molecule has 0 radical (unpaired) electrons. The van der Waals surface area contributed by atoms with E-state index in [9.17, 15) is 0 Å². The molecule has 1 atom stereocenters. The summed E-state index contributed by atoms with van der Waals surface area (Å²) in [6.45, 7) is 0.554. The van der Waals surface area contributed by atoms with Gasteiger partial charge in [0.05, 0.1) is 12.5 Å². The molecule has 0 saturated carbocycles. The largest absolute Gasteiger partial charge is 0.481 e. The molecular formula is C13H14ClN3O. The first-order valence-electron chi connectivity index (χ1n) is 5.59. The molecule has 18 heavy (non-hydrogen) atoms. The molecule has 0 spiro atoms. The number of methoxy groups -OCH3 is 1. The predicted octanol–water partition coefficient (Wildman–Crippen LogP) is 2.88. The molecule has 0 aliphatic rings. The number of hydrogen-bond donors (Lipinski definition) is 1. The van der Waals surface area contributed by atoms with E-state index < -0.39 is 0 Å². The van der Waals surface area contributed by atoms with Crippen LogP contribution in [0.3, 0.4) is 0 Å². The molecule has 1 heterocycles. The summed E-state index contributed by atoms with van der Waals surface area (Å²) in [5.41, 5.74) is 1.06. The van der Waals surface area contributed by atoms with Gasteiger partial charge in [0.2, 0.25) is 11.8 Å². The molecule has 2 rings (SSSR count). The smallest absolute Gasteiger partial charge is 0.226 e. The van der Waals surface area contributed by atoms with E-state index in [1.807, 2.05) is 30.3 Å². The lowest BCUT2D eigenvalue weighted by molar-refractivity contribution is 0.397. The van der Waals surface area contributed by atoms with Gasteiger partial charge in [0.1, 0.15) is 0 Å². The van der Waals surface area contributed by atoms with Gasteiger partial charge < -0.3 is 10.1 Å². The second-order valence-corrected chi connectivity index (χ2v) is 4.21. The van der Waals surface area contributed by atoms with E-state index in [2.05, 4.69) is 15.3 Å². The zero-order chi connectivity index (χ0) is 12.8. The highest BCUT2D eigenvalue weighted by Gasteiger charge is 2.07. The lowest BCUT2D eigenvalue weighted by atomic mass is 10.1. The van der Waals surface area contributed by atoms with Gasteiger partial charge >= 0.3 is 0 Å². The van der Waals surface area contributed by atoms with E-state index in [-0.39, 0.29) is 5.38 Å². The first-order valence-corrected chi connectivity index (χ1v) is 6.03. The van der Waals surface area contributed by atoms with Crippen LogP contribution >= 0.6 is 11.6 Å². The molecule has 0 saturated heterocycles. The van der Waals surface area contributed by atoms with E-state index in [0.717, 1.165) is 5.56 Å². The minimum atomic E-state index is -0.124. The maximum atomic E-state index is 6.28. The van der Waals surface area contributed by atoms with Crippen LogP contribution in [0.15, 0.2) is 42.6 Å². The Hall–Kier alpha value is -1.81. The molecule has 0 aliphatic carbocycles. The third-order valence-corrected chi connectivity index (χ3v) is 2.85. The average Bonchev–Trinajstić information content (AvgIpc) is 2.46. The number of anilines is 1. The van der Waals surface area contributed by atoms with Crippen LogP contribution in [0.25, 0.3) is 0 Å². The van der Waals surface area contributed by atoms with E-state index in [0.29, 0.717) is 18.4 Å². The Kier molecular flexibility index (Phi) is 4.36. The number of hydrogen-bond acceptors (Lipinski definition) is 4. The van der Waals surface area contributed by atoms with Gasteiger partial charge in [-0.05, 0) is 5.56 Å². The molecule has 1 aromatic carbocycles. The quantitative estimate of drug-likeness (QED) is 0.843. The molecule has 2 aromatic rings. The Morgan fingerprint density at radius 3 is 2.78 bits per heavy atom. The number of ether oxygens (including phenoxy) is 1. The number of nitrogens with one attached hydrogen (secondary N) is 1. The lowest BCUT2D eigenvalue weighted by Gasteiger charge is -2.11. The van der Waals surface area contributed by atoms with Crippen molar-refractivity contribution >= 4 is 17.5 Å². The van der Waals surface area contributed by atoms with Gasteiger partial charge in [0.15, 0.2) is 0 Å². The van der Waals surface area contributed by atoms with Crippen LogP contribution in [-0.2, 0) is 0 Å². The lowest BCUT2D eigenvalue weighted by Crippen LogP contribution is -2.10. The molecule has 0 bridgehead atoms. The minimum absolute atomic E-state index is 0.124. The van der Waals surface area contributed by atoms with Gasteiger partial charge in [0.25, 0.3) is 0 Å². The van der Waals surface area contributed by atoms with Crippen molar-refractivity contribution in [1.29, 1.82) is 0 Å². The van der Waals surface area contributed by atoms with Crippen molar-refractivity contribution in [2.24, 2.45) is 0 Å². The van der Waals surface area contributed by atoms with Gasteiger partial charge in [-0.2, -0.15) is 4.98 Å². The van der Waals surface area contributed by atoms with Crippen molar-refractivity contribution in [2.75, 3.05) is 19.0 Å². The Bertz CT molecular complexity index is 493. The first kappa shape index (κ1) is 12.6. The van der Waals surface area contributed by atoms with Crippen molar-refractivity contribution in [3.05, 3.63) is 48.2 Å². The maximum Gasteiger partial charge on any atom is 0.226 e.